The largest absolute Gasteiger partial charge is 0.425 e. The molecule has 0 N–H and O–H groups in total. The van der Waals surface area contributed by atoms with Crippen LogP contribution in [0.2, 0.25) is 0 Å². The number of unbranched alkanes of at least 4 members (excludes halogenated alkanes) is 5. The van der Waals surface area contributed by atoms with Crippen LogP contribution in [0.1, 0.15) is 75.2 Å². The topological polar surface area (TPSA) is 52.6 Å². The average Bonchev–Trinajstić information content (AvgIpc) is 2.91. The van der Waals surface area contributed by atoms with Gasteiger partial charge in [-0.1, -0.05) is 83.2 Å². The molecular formula is C32H36ClFO4. The SMILES string of the molecule is CCCCCCCCc1ccc(C(=O)Oc2ccc(-c3ccc(OC(=O)C(Cl)C(C)C)cc3)cc2)cc1F. The van der Waals surface area contributed by atoms with Crippen molar-refractivity contribution in [2.45, 2.75) is 71.1 Å². The Hall–Kier alpha value is -3.18. The quantitative estimate of drug-likeness (QED) is 0.0944. The van der Waals surface area contributed by atoms with E-state index in [4.69, 9.17) is 21.1 Å². The van der Waals surface area contributed by atoms with E-state index in [1.165, 1.54) is 31.7 Å². The minimum absolute atomic E-state index is 0.0238. The zero-order valence-electron chi connectivity index (χ0n) is 22.3. The molecule has 3 aromatic carbocycles. The van der Waals surface area contributed by atoms with Crippen molar-refractivity contribution < 1.29 is 23.5 Å². The molecule has 0 spiro atoms. The number of rotatable bonds is 13. The smallest absolute Gasteiger partial charge is 0.343 e. The fourth-order valence-corrected chi connectivity index (χ4v) is 4.06. The number of aryl methyl sites for hydroxylation is 1. The highest BCUT2D eigenvalue weighted by Gasteiger charge is 2.21. The van der Waals surface area contributed by atoms with Crippen molar-refractivity contribution in [2.24, 2.45) is 5.92 Å². The Morgan fingerprint density at radius 2 is 1.34 bits per heavy atom. The second-order valence-electron chi connectivity index (χ2n) is 9.83. The molecule has 0 saturated heterocycles. The van der Waals surface area contributed by atoms with E-state index in [1.54, 1.807) is 36.4 Å². The lowest BCUT2D eigenvalue weighted by Crippen LogP contribution is -2.25. The Morgan fingerprint density at radius 1 is 0.789 bits per heavy atom. The van der Waals surface area contributed by atoms with Crippen molar-refractivity contribution >= 4 is 23.5 Å². The minimum Gasteiger partial charge on any atom is -0.425 e. The molecule has 0 aliphatic carbocycles. The van der Waals surface area contributed by atoms with E-state index in [0.29, 0.717) is 23.5 Å². The van der Waals surface area contributed by atoms with Gasteiger partial charge in [-0.2, -0.15) is 0 Å². The Bertz CT molecular complexity index is 1190. The van der Waals surface area contributed by atoms with Crippen molar-refractivity contribution in [1.29, 1.82) is 0 Å². The molecule has 0 saturated carbocycles. The number of hydrogen-bond donors (Lipinski definition) is 0. The van der Waals surface area contributed by atoms with Crippen LogP contribution in [0.25, 0.3) is 11.1 Å². The molecule has 4 nitrogen and oxygen atoms in total. The average molecular weight is 539 g/mol. The maximum atomic E-state index is 14.6. The van der Waals surface area contributed by atoms with Crippen molar-refractivity contribution in [2.75, 3.05) is 0 Å². The molecule has 1 unspecified atom stereocenters. The monoisotopic (exact) mass is 538 g/mol. The summed E-state index contributed by atoms with van der Waals surface area (Å²) < 4.78 is 25.3. The molecule has 202 valence electrons. The number of carbonyl (C=O) groups is 2. The highest BCUT2D eigenvalue weighted by Crippen LogP contribution is 2.26. The molecule has 0 aliphatic heterocycles. The normalized spacial score (nSPS) is 11.8. The molecule has 0 fully saturated rings. The first kappa shape index (κ1) is 29.4. The van der Waals surface area contributed by atoms with Gasteiger partial charge in [-0.15, -0.1) is 11.6 Å². The summed E-state index contributed by atoms with van der Waals surface area (Å²) >= 11 is 6.05. The standard InChI is InChI=1S/C32H36ClFO4/c1-4-5-6-7-8-9-10-25-11-12-26(21-29(25)34)31(35)37-27-17-13-23(14-18-27)24-15-19-28(20-16-24)38-32(36)30(33)22(2)3/h11-22,30H,4-10H2,1-3H3. The van der Waals surface area contributed by atoms with Crippen LogP contribution in [0.15, 0.2) is 66.7 Å². The van der Waals surface area contributed by atoms with E-state index in [2.05, 4.69) is 6.92 Å². The van der Waals surface area contributed by atoms with Crippen LogP contribution in [0.4, 0.5) is 4.39 Å². The van der Waals surface area contributed by atoms with Crippen LogP contribution < -0.4 is 9.47 Å². The summed E-state index contributed by atoms with van der Waals surface area (Å²) in [5.74, 6) is -0.697. The van der Waals surface area contributed by atoms with Gasteiger partial charge in [-0.05, 0) is 71.8 Å². The Kier molecular flexibility index (Phi) is 11.3. The molecule has 0 bridgehead atoms. The van der Waals surface area contributed by atoms with Crippen LogP contribution in [-0.4, -0.2) is 17.3 Å². The molecule has 3 aromatic rings. The maximum Gasteiger partial charge on any atom is 0.343 e. The lowest BCUT2D eigenvalue weighted by atomic mass is 10.0. The number of alkyl halides is 1. The number of carbonyl (C=O) groups excluding carboxylic acids is 2. The lowest BCUT2D eigenvalue weighted by Gasteiger charge is -2.12. The molecule has 38 heavy (non-hydrogen) atoms. The van der Waals surface area contributed by atoms with Gasteiger partial charge in [0.1, 0.15) is 22.7 Å². The second kappa shape index (κ2) is 14.7. The summed E-state index contributed by atoms with van der Waals surface area (Å²) in [6.45, 7) is 5.90. The third kappa shape index (κ3) is 8.70. The molecular weight excluding hydrogens is 503 g/mol. The first-order valence-electron chi connectivity index (χ1n) is 13.4. The number of benzene rings is 3. The molecule has 0 amide bonds. The highest BCUT2D eigenvalue weighted by molar-refractivity contribution is 6.30. The van der Waals surface area contributed by atoms with E-state index in [-0.39, 0.29) is 17.3 Å². The maximum absolute atomic E-state index is 14.6. The van der Waals surface area contributed by atoms with Crippen molar-refractivity contribution in [3.63, 3.8) is 0 Å². The first-order chi connectivity index (χ1) is 18.3. The van der Waals surface area contributed by atoms with E-state index < -0.39 is 17.3 Å². The molecule has 0 aromatic heterocycles. The zero-order chi connectivity index (χ0) is 27.5. The first-order valence-corrected chi connectivity index (χ1v) is 13.8. The summed E-state index contributed by atoms with van der Waals surface area (Å²) in [5.41, 5.74) is 2.60. The van der Waals surface area contributed by atoms with Crippen molar-refractivity contribution in [1.82, 2.24) is 0 Å². The van der Waals surface area contributed by atoms with Crippen LogP contribution >= 0.6 is 11.6 Å². The number of ether oxygens (including phenoxy) is 2. The summed E-state index contributed by atoms with van der Waals surface area (Å²) in [6.07, 6.45) is 7.55. The van der Waals surface area contributed by atoms with Gasteiger partial charge in [0.25, 0.3) is 0 Å². The fraction of sp³-hybridized carbons (Fsp3) is 0.375. The van der Waals surface area contributed by atoms with E-state index in [0.717, 1.165) is 24.0 Å². The van der Waals surface area contributed by atoms with Gasteiger partial charge in [0, 0.05) is 0 Å². The van der Waals surface area contributed by atoms with E-state index in [9.17, 15) is 14.0 Å². The Labute approximate surface area is 230 Å². The van der Waals surface area contributed by atoms with Gasteiger partial charge < -0.3 is 9.47 Å². The van der Waals surface area contributed by atoms with Gasteiger partial charge in [0.2, 0.25) is 0 Å². The highest BCUT2D eigenvalue weighted by atomic mass is 35.5. The lowest BCUT2D eigenvalue weighted by molar-refractivity contribution is -0.134. The van der Waals surface area contributed by atoms with Crippen LogP contribution in [0, 0.1) is 11.7 Å². The number of esters is 2. The predicted molar refractivity (Wildman–Crippen MR) is 150 cm³/mol. The fourth-order valence-electron chi connectivity index (χ4n) is 4.01. The molecule has 0 heterocycles. The van der Waals surface area contributed by atoms with E-state index >= 15 is 0 Å². The second-order valence-corrected chi connectivity index (χ2v) is 10.3. The van der Waals surface area contributed by atoms with E-state index in [1.807, 2.05) is 38.1 Å². The minimum atomic E-state index is -0.704. The summed E-state index contributed by atoms with van der Waals surface area (Å²) in [5, 5.41) is -0.704. The molecule has 1 atom stereocenters. The van der Waals surface area contributed by atoms with Gasteiger partial charge in [0.15, 0.2) is 0 Å². The number of halogens is 2. The molecule has 0 aliphatic rings. The van der Waals surface area contributed by atoms with Gasteiger partial charge in [-0.25, -0.2) is 9.18 Å². The van der Waals surface area contributed by atoms with Crippen LogP contribution in [0.3, 0.4) is 0 Å². The van der Waals surface area contributed by atoms with Gasteiger partial charge >= 0.3 is 11.9 Å². The third-order valence-electron chi connectivity index (χ3n) is 6.37. The summed E-state index contributed by atoms with van der Waals surface area (Å²) in [7, 11) is 0. The summed E-state index contributed by atoms with van der Waals surface area (Å²) in [6, 6.07) is 18.6. The van der Waals surface area contributed by atoms with Crippen molar-refractivity contribution in [3.8, 4) is 22.6 Å². The Balaban J connectivity index is 1.54. The Morgan fingerprint density at radius 3 is 1.89 bits per heavy atom. The molecule has 3 rings (SSSR count). The zero-order valence-corrected chi connectivity index (χ0v) is 23.1. The van der Waals surface area contributed by atoms with Crippen LogP contribution in [-0.2, 0) is 11.2 Å². The molecule has 6 heteroatoms. The number of hydrogen-bond acceptors (Lipinski definition) is 4. The van der Waals surface area contributed by atoms with Gasteiger partial charge in [-0.3, -0.25) is 4.79 Å². The third-order valence-corrected chi connectivity index (χ3v) is 7.05. The van der Waals surface area contributed by atoms with Crippen molar-refractivity contribution in [3.05, 3.63) is 83.7 Å². The molecule has 0 radical (unpaired) electrons. The van der Waals surface area contributed by atoms with Crippen LogP contribution in [0.5, 0.6) is 11.5 Å². The predicted octanol–water partition coefficient (Wildman–Crippen LogP) is 8.78. The van der Waals surface area contributed by atoms with Gasteiger partial charge in [0.05, 0.1) is 5.56 Å². The summed E-state index contributed by atoms with van der Waals surface area (Å²) in [4.78, 5) is 24.6.